The van der Waals surface area contributed by atoms with Crippen LogP contribution in [0.2, 0.25) is 0 Å². The van der Waals surface area contributed by atoms with Crippen molar-refractivity contribution in [3.05, 3.63) is 60.7 Å². The Labute approximate surface area is 169 Å². The molecule has 3 aromatic rings. The van der Waals surface area contributed by atoms with Crippen molar-refractivity contribution in [3.63, 3.8) is 0 Å². The van der Waals surface area contributed by atoms with Gasteiger partial charge in [-0.25, -0.2) is 4.98 Å². The minimum atomic E-state index is -0.212. The lowest BCUT2D eigenvalue weighted by Crippen LogP contribution is -2.44. The van der Waals surface area contributed by atoms with Gasteiger partial charge in [-0.1, -0.05) is 72.4 Å². The van der Waals surface area contributed by atoms with E-state index in [2.05, 4.69) is 29.2 Å². The summed E-state index contributed by atoms with van der Waals surface area (Å²) in [6.45, 7) is 4.48. The zero-order valence-corrected chi connectivity index (χ0v) is 16.6. The molecule has 0 unspecified atom stereocenters. The second-order valence-electron chi connectivity index (χ2n) is 6.70. The van der Waals surface area contributed by atoms with Gasteiger partial charge in [0.05, 0.1) is 29.9 Å². The zero-order valence-electron chi connectivity index (χ0n) is 15.8. The highest BCUT2D eigenvalue weighted by Crippen LogP contribution is 2.34. The van der Waals surface area contributed by atoms with E-state index in [4.69, 9.17) is 9.72 Å². The van der Waals surface area contributed by atoms with Crippen LogP contribution in [0, 0.1) is 0 Å². The van der Waals surface area contributed by atoms with E-state index >= 15 is 0 Å². The molecule has 0 aliphatic carbocycles. The number of aromatic amines is 1. The molecule has 1 aliphatic heterocycles. The van der Waals surface area contributed by atoms with Crippen molar-refractivity contribution >= 4 is 17.7 Å². The van der Waals surface area contributed by atoms with Crippen LogP contribution in [0.5, 0.6) is 0 Å². The number of imidazole rings is 1. The van der Waals surface area contributed by atoms with E-state index in [-0.39, 0.29) is 11.2 Å². The number of benzene rings is 2. The number of carbonyl (C=O) groups is 1. The maximum absolute atomic E-state index is 12.7. The highest BCUT2D eigenvalue weighted by atomic mass is 32.2. The lowest BCUT2D eigenvalue weighted by molar-refractivity contribution is -0.134. The van der Waals surface area contributed by atoms with E-state index in [0.29, 0.717) is 26.3 Å². The summed E-state index contributed by atoms with van der Waals surface area (Å²) in [4.78, 5) is 22.9. The summed E-state index contributed by atoms with van der Waals surface area (Å²) in [6, 6.07) is 20.3. The number of H-pyrrole nitrogens is 1. The molecule has 5 nitrogen and oxygen atoms in total. The molecular formula is C22H23N3O2S. The summed E-state index contributed by atoms with van der Waals surface area (Å²) in [7, 11) is 0. The van der Waals surface area contributed by atoms with Gasteiger partial charge in [-0.05, 0) is 6.92 Å². The van der Waals surface area contributed by atoms with Gasteiger partial charge in [0, 0.05) is 24.2 Å². The van der Waals surface area contributed by atoms with Crippen molar-refractivity contribution in [2.24, 2.45) is 0 Å². The van der Waals surface area contributed by atoms with Crippen molar-refractivity contribution in [1.82, 2.24) is 14.9 Å². The lowest BCUT2D eigenvalue weighted by atomic mass is 10.1. The van der Waals surface area contributed by atoms with E-state index in [9.17, 15) is 4.79 Å². The number of hydrogen-bond donors (Lipinski definition) is 1. The predicted octanol–water partition coefficient (Wildman–Crippen LogP) is 4.08. The second kappa shape index (κ2) is 8.63. The molecule has 1 N–H and O–H groups in total. The number of morpholine rings is 1. The van der Waals surface area contributed by atoms with Gasteiger partial charge in [-0.3, -0.25) is 4.79 Å². The van der Waals surface area contributed by atoms with Gasteiger partial charge in [-0.15, -0.1) is 0 Å². The third-order valence-electron chi connectivity index (χ3n) is 4.75. The van der Waals surface area contributed by atoms with Crippen LogP contribution in [-0.4, -0.2) is 52.3 Å². The number of nitrogens with one attached hydrogen (secondary N) is 1. The van der Waals surface area contributed by atoms with Crippen LogP contribution in [0.4, 0.5) is 0 Å². The largest absolute Gasteiger partial charge is 0.378 e. The average molecular weight is 394 g/mol. The highest BCUT2D eigenvalue weighted by Gasteiger charge is 2.25. The molecule has 0 saturated carbocycles. The first kappa shape index (κ1) is 18.8. The van der Waals surface area contributed by atoms with Crippen LogP contribution in [0.1, 0.15) is 6.92 Å². The van der Waals surface area contributed by atoms with E-state index in [1.165, 1.54) is 11.8 Å². The maximum atomic E-state index is 12.7. The molecule has 4 rings (SSSR count). The Morgan fingerprint density at radius 1 is 1.04 bits per heavy atom. The number of carbonyl (C=O) groups excluding carboxylic acids is 1. The summed E-state index contributed by atoms with van der Waals surface area (Å²) in [5.41, 5.74) is 4.00. The third kappa shape index (κ3) is 4.13. The van der Waals surface area contributed by atoms with Gasteiger partial charge < -0.3 is 14.6 Å². The monoisotopic (exact) mass is 393 g/mol. The third-order valence-corrected chi connectivity index (χ3v) is 5.72. The van der Waals surface area contributed by atoms with Crippen LogP contribution >= 0.6 is 11.8 Å². The molecule has 6 heteroatoms. The van der Waals surface area contributed by atoms with Gasteiger partial charge >= 0.3 is 0 Å². The van der Waals surface area contributed by atoms with Crippen LogP contribution in [-0.2, 0) is 9.53 Å². The summed E-state index contributed by atoms with van der Waals surface area (Å²) >= 11 is 1.47. The average Bonchev–Trinajstić information content (AvgIpc) is 3.19. The van der Waals surface area contributed by atoms with E-state index < -0.39 is 0 Å². The predicted molar refractivity (Wildman–Crippen MR) is 112 cm³/mol. The summed E-state index contributed by atoms with van der Waals surface area (Å²) < 4.78 is 5.35. The highest BCUT2D eigenvalue weighted by molar-refractivity contribution is 8.00. The molecule has 1 aliphatic rings. The fraction of sp³-hybridized carbons (Fsp3) is 0.273. The Morgan fingerprint density at radius 3 is 2.29 bits per heavy atom. The Balaban J connectivity index is 1.61. The molecular weight excluding hydrogens is 370 g/mol. The Morgan fingerprint density at radius 2 is 1.64 bits per heavy atom. The number of rotatable bonds is 5. The minimum absolute atomic E-state index is 0.132. The molecule has 2 aromatic carbocycles. The fourth-order valence-corrected chi connectivity index (χ4v) is 4.17. The first-order valence-electron chi connectivity index (χ1n) is 9.46. The maximum Gasteiger partial charge on any atom is 0.236 e. The standard InChI is InChI=1S/C22H23N3O2S/c1-16(21(26)25-12-14-27-15-13-25)28-22-23-19(17-8-4-2-5-9-17)20(24-22)18-10-6-3-7-11-18/h2-11,16H,12-15H2,1H3,(H,23,24)/t16-/m1/s1. The van der Waals surface area contributed by atoms with Crippen molar-refractivity contribution in [3.8, 4) is 22.5 Å². The molecule has 0 bridgehead atoms. The van der Waals surface area contributed by atoms with Crippen molar-refractivity contribution in [2.45, 2.75) is 17.3 Å². The zero-order chi connectivity index (χ0) is 19.3. The molecule has 1 fully saturated rings. The molecule has 0 radical (unpaired) electrons. The molecule has 144 valence electrons. The quantitative estimate of drug-likeness (QED) is 0.664. The molecule has 1 saturated heterocycles. The first-order valence-corrected chi connectivity index (χ1v) is 10.3. The molecule has 1 amide bonds. The Hall–Kier alpha value is -2.57. The molecule has 28 heavy (non-hydrogen) atoms. The number of hydrogen-bond acceptors (Lipinski definition) is 4. The molecule has 1 aromatic heterocycles. The number of ether oxygens (including phenoxy) is 1. The van der Waals surface area contributed by atoms with Gasteiger partial charge in [0.1, 0.15) is 0 Å². The van der Waals surface area contributed by atoms with Gasteiger partial charge in [0.15, 0.2) is 5.16 Å². The van der Waals surface area contributed by atoms with Crippen molar-refractivity contribution in [2.75, 3.05) is 26.3 Å². The summed E-state index contributed by atoms with van der Waals surface area (Å²) in [5, 5.41) is 0.545. The van der Waals surface area contributed by atoms with Crippen LogP contribution in [0.3, 0.4) is 0 Å². The van der Waals surface area contributed by atoms with Crippen molar-refractivity contribution in [1.29, 1.82) is 0 Å². The minimum Gasteiger partial charge on any atom is -0.378 e. The molecule has 2 heterocycles. The number of nitrogens with zero attached hydrogens (tertiary/aromatic N) is 2. The normalized spacial score (nSPS) is 15.4. The van der Waals surface area contributed by atoms with Gasteiger partial charge in [0.2, 0.25) is 5.91 Å². The smallest absolute Gasteiger partial charge is 0.236 e. The number of aromatic nitrogens is 2. The van der Waals surface area contributed by atoms with E-state index in [1.54, 1.807) is 0 Å². The first-order chi connectivity index (χ1) is 13.7. The number of thioether (sulfide) groups is 1. The summed E-state index contributed by atoms with van der Waals surface area (Å²) in [5.74, 6) is 0.132. The topological polar surface area (TPSA) is 58.2 Å². The molecule has 1 atom stereocenters. The van der Waals surface area contributed by atoms with Gasteiger partial charge in [0.25, 0.3) is 0 Å². The SMILES string of the molecule is C[C@@H](Sc1nc(-c2ccccc2)c(-c2ccccc2)[nH]1)C(=O)N1CCOCC1. The van der Waals surface area contributed by atoms with Gasteiger partial charge in [-0.2, -0.15) is 0 Å². The Kier molecular flexibility index (Phi) is 5.78. The summed E-state index contributed by atoms with van der Waals surface area (Å²) in [6.07, 6.45) is 0. The Bertz CT molecular complexity index is 864. The number of amides is 1. The van der Waals surface area contributed by atoms with E-state index in [0.717, 1.165) is 27.7 Å². The fourth-order valence-electron chi connectivity index (χ4n) is 3.28. The lowest BCUT2D eigenvalue weighted by Gasteiger charge is -2.28. The van der Waals surface area contributed by atoms with Crippen molar-refractivity contribution < 1.29 is 9.53 Å². The van der Waals surface area contributed by atoms with Crippen LogP contribution < -0.4 is 0 Å². The second-order valence-corrected chi connectivity index (χ2v) is 8.02. The molecule has 0 spiro atoms. The van der Waals surface area contributed by atoms with E-state index in [1.807, 2.05) is 48.2 Å². The van der Waals surface area contributed by atoms with Crippen LogP contribution in [0.15, 0.2) is 65.8 Å². The van der Waals surface area contributed by atoms with Crippen LogP contribution in [0.25, 0.3) is 22.5 Å².